The van der Waals surface area contributed by atoms with Crippen LogP contribution in [0.4, 0.5) is 10.6 Å². The SMILES string of the molecule is COc1ccc(C2CCC(CN(C(=O)C3CCC(CNC(=O)O)CC3)c3cc(-c4coc(C(C)C)n4)ccn3)CC2)nc1C. The molecule has 3 aromatic rings. The summed E-state index contributed by atoms with van der Waals surface area (Å²) in [6.45, 7) is 7.12. The van der Waals surface area contributed by atoms with Gasteiger partial charge in [0.05, 0.1) is 12.8 Å². The molecular weight excluding hydrogens is 558 g/mol. The van der Waals surface area contributed by atoms with Crippen molar-refractivity contribution in [3.63, 3.8) is 0 Å². The van der Waals surface area contributed by atoms with Crippen molar-refractivity contribution in [2.75, 3.05) is 25.1 Å². The highest BCUT2D eigenvalue weighted by Gasteiger charge is 2.33. The average molecular weight is 604 g/mol. The van der Waals surface area contributed by atoms with Crippen molar-refractivity contribution in [2.45, 2.75) is 84.0 Å². The van der Waals surface area contributed by atoms with Gasteiger partial charge in [-0.05, 0) is 94.4 Å². The minimum atomic E-state index is -0.999. The summed E-state index contributed by atoms with van der Waals surface area (Å²) in [5, 5.41) is 11.5. The molecule has 236 valence electrons. The molecule has 10 heteroatoms. The van der Waals surface area contributed by atoms with E-state index in [1.54, 1.807) is 19.6 Å². The zero-order valence-electron chi connectivity index (χ0n) is 26.3. The third kappa shape index (κ3) is 7.57. The second-order valence-electron chi connectivity index (χ2n) is 12.7. The smallest absolute Gasteiger partial charge is 0.404 e. The Morgan fingerprint density at radius 3 is 2.41 bits per heavy atom. The van der Waals surface area contributed by atoms with Gasteiger partial charge in [0.2, 0.25) is 5.91 Å². The van der Waals surface area contributed by atoms with Crippen LogP contribution in [0.15, 0.2) is 41.1 Å². The predicted octanol–water partition coefficient (Wildman–Crippen LogP) is 6.95. The molecule has 0 radical (unpaired) electrons. The number of aromatic nitrogens is 3. The number of nitrogens with one attached hydrogen (secondary N) is 1. The van der Waals surface area contributed by atoms with E-state index in [0.29, 0.717) is 36.6 Å². The Bertz CT molecular complexity index is 1420. The van der Waals surface area contributed by atoms with E-state index in [2.05, 4.69) is 16.4 Å². The van der Waals surface area contributed by atoms with Crippen LogP contribution in [0.5, 0.6) is 5.75 Å². The Balaban J connectivity index is 1.31. The minimum absolute atomic E-state index is 0.107. The van der Waals surface area contributed by atoms with Crippen LogP contribution in [0, 0.1) is 24.7 Å². The largest absolute Gasteiger partial charge is 0.495 e. The molecule has 2 N–H and O–H groups in total. The maximum atomic E-state index is 14.2. The molecule has 0 aliphatic heterocycles. The van der Waals surface area contributed by atoms with Gasteiger partial charge < -0.3 is 19.6 Å². The van der Waals surface area contributed by atoms with E-state index >= 15 is 0 Å². The summed E-state index contributed by atoms with van der Waals surface area (Å²) in [7, 11) is 1.67. The molecule has 3 aromatic heterocycles. The van der Waals surface area contributed by atoms with Gasteiger partial charge in [-0.2, -0.15) is 0 Å². The average Bonchev–Trinajstić information content (AvgIpc) is 3.54. The number of carboxylic acid groups (broad SMARTS) is 1. The zero-order valence-corrected chi connectivity index (χ0v) is 26.3. The molecule has 3 heterocycles. The summed E-state index contributed by atoms with van der Waals surface area (Å²) in [6.07, 6.45) is 9.64. The summed E-state index contributed by atoms with van der Waals surface area (Å²) in [5.41, 5.74) is 3.64. The second-order valence-corrected chi connectivity index (χ2v) is 12.7. The van der Waals surface area contributed by atoms with Crippen LogP contribution in [-0.4, -0.2) is 52.3 Å². The number of anilines is 1. The fraction of sp³-hybridized carbons (Fsp3) is 0.559. The van der Waals surface area contributed by atoms with Crippen molar-refractivity contribution in [3.8, 4) is 17.0 Å². The van der Waals surface area contributed by atoms with Gasteiger partial charge >= 0.3 is 6.09 Å². The number of ether oxygens (including phenoxy) is 1. The van der Waals surface area contributed by atoms with Crippen LogP contribution in [0.1, 0.15) is 94.3 Å². The van der Waals surface area contributed by atoms with Gasteiger partial charge in [0.25, 0.3) is 0 Å². The van der Waals surface area contributed by atoms with Gasteiger partial charge in [0.15, 0.2) is 5.89 Å². The van der Waals surface area contributed by atoms with E-state index in [4.69, 9.17) is 24.2 Å². The molecule has 2 amide bonds. The lowest BCUT2D eigenvalue weighted by molar-refractivity contribution is -0.123. The first-order chi connectivity index (χ1) is 21.2. The van der Waals surface area contributed by atoms with Gasteiger partial charge in [0.1, 0.15) is 23.5 Å². The van der Waals surface area contributed by atoms with Crippen molar-refractivity contribution in [1.82, 2.24) is 20.3 Å². The van der Waals surface area contributed by atoms with E-state index < -0.39 is 6.09 Å². The number of hydrogen-bond acceptors (Lipinski definition) is 7. The Morgan fingerprint density at radius 1 is 1.05 bits per heavy atom. The van der Waals surface area contributed by atoms with Gasteiger partial charge in [0, 0.05) is 48.3 Å². The highest BCUT2D eigenvalue weighted by molar-refractivity contribution is 5.94. The molecule has 2 aliphatic carbocycles. The molecule has 10 nitrogen and oxygen atoms in total. The van der Waals surface area contributed by atoms with E-state index in [-0.39, 0.29) is 23.7 Å². The first kappa shape index (κ1) is 31.5. The number of aryl methyl sites for hydroxylation is 1. The van der Waals surface area contributed by atoms with Crippen LogP contribution in [0.25, 0.3) is 11.3 Å². The van der Waals surface area contributed by atoms with Gasteiger partial charge in [-0.1, -0.05) is 13.8 Å². The monoisotopic (exact) mass is 603 g/mol. The summed E-state index contributed by atoms with van der Waals surface area (Å²) >= 11 is 0. The van der Waals surface area contributed by atoms with Crippen LogP contribution in [0.2, 0.25) is 0 Å². The number of carbonyl (C=O) groups excluding carboxylic acids is 1. The molecule has 0 unspecified atom stereocenters. The highest BCUT2D eigenvalue weighted by atomic mass is 16.5. The second kappa shape index (κ2) is 14.2. The van der Waals surface area contributed by atoms with Crippen LogP contribution >= 0.6 is 0 Å². The van der Waals surface area contributed by atoms with E-state index in [1.165, 1.54) is 0 Å². The lowest BCUT2D eigenvalue weighted by Crippen LogP contribution is -2.42. The molecule has 2 saturated carbocycles. The molecule has 2 fully saturated rings. The van der Waals surface area contributed by atoms with Crippen LogP contribution in [-0.2, 0) is 4.79 Å². The first-order valence-corrected chi connectivity index (χ1v) is 15.9. The third-order valence-corrected chi connectivity index (χ3v) is 9.32. The highest BCUT2D eigenvalue weighted by Crippen LogP contribution is 2.38. The van der Waals surface area contributed by atoms with Crippen molar-refractivity contribution in [1.29, 1.82) is 0 Å². The Labute approximate surface area is 259 Å². The lowest BCUT2D eigenvalue weighted by atomic mass is 9.79. The Morgan fingerprint density at radius 2 is 1.77 bits per heavy atom. The summed E-state index contributed by atoms with van der Waals surface area (Å²) in [6, 6.07) is 7.95. The Hall–Kier alpha value is -3.95. The molecule has 0 aromatic carbocycles. The summed E-state index contributed by atoms with van der Waals surface area (Å²) < 4.78 is 11.1. The first-order valence-electron chi connectivity index (χ1n) is 15.9. The van der Waals surface area contributed by atoms with Crippen molar-refractivity contribution in [2.24, 2.45) is 17.8 Å². The maximum absolute atomic E-state index is 14.2. The quantitative estimate of drug-likeness (QED) is 0.254. The molecule has 0 atom stereocenters. The number of rotatable bonds is 10. The molecular formula is C34H45N5O5. The van der Waals surface area contributed by atoms with E-state index in [1.807, 2.05) is 43.9 Å². The molecule has 5 rings (SSSR count). The molecule has 44 heavy (non-hydrogen) atoms. The molecule has 0 spiro atoms. The minimum Gasteiger partial charge on any atom is -0.495 e. The standard InChI is InChI=1S/C34H45N5O5/c1-21(2)32-38-29(20-44-32)27-15-16-35-31(17-27)39(33(40)26-11-5-23(6-12-26)18-36-34(41)42)19-24-7-9-25(10-8-24)28-13-14-30(43-4)22(3)37-28/h13-17,20-21,23-26,36H,5-12,18-19H2,1-4H3,(H,41,42). The van der Waals surface area contributed by atoms with Gasteiger partial charge in [-0.25, -0.2) is 14.8 Å². The number of nitrogens with zero attached hydrogens (tertiary/aromatic N) is 4. The number of oxazole rings is 1. The Kier molecular flexibility index (Phi) is 10.2. The number of amides is 2. The predicted molar refractivity (Wildman–Crippen MR) is 168 cm³/mol. The van der Waals surface area contributed by atoms with Crippen molar-refractivity contribution >= 4 is 17.8 Å². The van der Waals surface area contributed by atoms with E-state index in [9.17, 15) is 9.59 Å². The van der Waals surface area contributed by atoms with Gasteiger partial charge in [-0.15, -0.1) is 0 Å². The summed E-state index contributed by atoms with van der Waals surface area (Å²) in [4.78, 5) is 41.2. The molecule has 0 bridgehead atoms. The topological polar surface area (TPSA) is 131 Å². The number of methoxy groups -OCH3 is 1. The fourth-order valence-electron chi connectivity index (χ4n) is 6.68. The summed E-state index contributed by atoms with van der Waals surface area (Å²) in [5.74, 6) is 3.33. The fourth-order valence-corrected chi connectivity index (χ4v) is 6.68. The van der Waals surface area contributed by atoms with Crippen LogP contribution in [0.3, 0.4) is 0 Å². The molecule has 2 aliphatic rings. The third-order valence-electron chi connectivity index (χ3n) is 9.32. The van der Waals surface area contributed by atoms with E-state index in [0.717, 1.165) is 79.8 Å². The van der Waals surface area contributed by atoms with Gasteiger partial charge in [-0.3, -0.25) is 14.7 Å². The number of carbonyl (C=O) groups is 2. The zero-order chi connectivity index (χ0) is 31.2. The van der Waals surface area contributed by atoms with Crippen LogP contribution < -0.4 is 15.0 Å². The normalized spacial score (nSPS) is 22.0. The maximum Gasteiger partial charge on any atom is 0.404 e. The molecule has 0 saturated heterocycles. The van der Waals surface area contributed by atoms with Crippen molar-refractivity contribution < 1.29 is 23.8 Å². The number of hydrogen-bond donors (Lipinski definition) is 2. The number of pyridine rings is 2. The lowest BCUT2D eigenvalue weighted by Gasteiger charge is -2.35. The van der Waals surface area contributed by atoms with Crippen molar-refractivity contribution in [3.05, 3.63) is 54.0 Å².